The quantitative estimate of drug-likeness (QED) is 0.654. The minimum absolute atomic E-state index is 0.726. The Morgan fingerprint density at radius 1 is 1.50 bits per heavy atom. The Hall–Kier alpha value is -1.04. The summed E-state index contributed by atoms with van der Waals surface area (Å²) in [5.74, 6) is 1.74. The van der Waals surface area contributed by atoms with Crippen molar-refractivity contribution >= 4 is 17.5 Å². The van der Waals surface area contributed by atoms with Crippen LogP contribution in [0.4, 0.5) is 0 Å². The first-order valence-electron chi connectivity index (χ1n) is 3.76. The largest absolute Gasteiger partial charge is 0.234 e. The highest BCUT2D eigenvalue weighted by Crippen LogP contribution is 2.11. The van der Waals surface area contributed by atoms with Crippen molar-refractivity contribution in [3.63, 3.8) is 0 Å². The zero-order chi connectivity index (χ0) is 8.81. The van der Waals surface area contributed by atoms with Crippen LogP contribution in [-0.4, -0.2) is 5.94 Å². The summed E-state index contributed by atoms with van der Waals surface area (Å²) in [6.07, 6.45) is 3.06. The van der Waals surface area contributed by atoms with Gasteiger partial charge < -0.3 is 0 Å². The average molecular weight is 181 g/mol. The van der Waals surface area contributed by atoms with Gasteiger partial charge in [-0.2, -0.15) is 0 Å². The van der Waals surface area contributed by atoms with E-state index in [1.54, 1.807) is 5.94 Å². The number of aryl methyl sites for hydroxylation is 1. The lowest BCUT2D eigenvalue weighted by Crippen LogP contribution is -1.82. The first-order chi connectivity index (χ1) is 5.83. The number of carbonyl (C=O) groups excluding carboxylic acids is 1. The second-order valence-electron chi connectivity index (χ2n) is 2.49. The summed E-state index contributed by atoms with van der Waals surface area (Å²) in [5, 5.41) is 0.739. The van der Waals surface area contributed by atoms with Gasteiger partial charge >= 0.3 is 0 Å². The molecule has 0 unspecified atom stereocenters. The van der Waals surface area contributed by atoms with Gasteiger partial charge in [-0.1, -0.05) is 23.7 Å². The molecule has 0 aliphatic carbocycles. The molecule has 1 nitrogen and oxygen atoms in total. The molecule has 0 aromatic heterocycles. The van der Waals surface area contributed by atoms with Crippen LogP contribution in [0, 0.1) is 0 Å². The van der Waals surface area contributed by atoms with Gasteiger partial charge in [-0.25, -0.2) is 4.79 Å². The minimum Gasteiger partial charge on any atom is -0.234 e. The Morgan fingerprint density at radius 2 is 2.33 bits per heavy atom. The van der Waals surface area contributed by atoms with Gasteiger partial charge in [0.15, 0.2) is 0 Å². The van der Waals surface area contributed by atoms with Crippen molar-refractivity contribution in [2.24, 2.45) is 0 Å². The fraction of sp³-hybridized carbons (Fsp3) is 0.200. The molecule has 0 N–H and O–H groups in total. The SMILES string of the molecule is O=C=CCCc1cccc(Cl)c1. The van der Waals surface area contributed by atoms with Crippen molar-refractivity contribution in [1.82, 2.24) is 0 Å². The molecular formula is C10H9ClO. The predicted molar refractivity (Wildman–Crippen MR) is 50.0 cm³/mol. The summed E-state index contributed by atoms with van der Waals surface area (Å²) >= 11 is 5.77. The molecule has 0 spiro atoms. The number of hydrogen-bond donors (Lipinski definition) is 0. The molecule has 0 heterocycles. The Labute approximate surface area is 76.7 Å². The van der Waals surface area contributed by atoms with E-state index in [1.165, 1.54) is 6.08 Å². The van der Waals surface area contributed by atoms with Gasteiger partial charge in [0.2, 0.25) is 0 Å². The normalized spacial score (nSPS) is 9.08. The Balaban J connectivity index is 2.57. The van der Waals surface area contributed by atoms with Crippen molar-refractivity contribution < 1.29 is 4.79 Å². The van der Waals surface area contributed by atoms with Crippen molar-refractivity contribution in [3.8, 4) is 0 Å². The zero-order valence-electron chi connectivity index (χ0n) is 6.59. The molecule has 0 aliphatic rings. The van der Waals surface area contributed by atoms with Gasteiger partial charge in [-0.15, -0.1) is 0 Å². The summed E-state index contributed by atoms with van der Waals surface area (Å²) in [6, 6.07) is 7.63. The number of benzene rings is 1. The van der Waals surface area contributed by atoms with E-state index in [1.807, 2.05) is 24.3 Å². The van der Waals surface area contributed by atoms with Gasteiger partial charge in [0.05, 0.1) is 0 Å². The molecule has 1 aromatic carbocycles. The van der Waals surface area contributed by atoms with E-state index in [-0.39, 0.29) is 0 Å². The van der Waals surface area contributed by atoms with Crippen molar-refractivity contribution in [1.29, 1.82) is 0 Å². The fourth-order valence-corrected chi connectivity index (χ4v) is 1.20. The van der Waals surface area contributed by atoms with Gasteiger partial charge in [-0.3, -0.25) is 0 Å². The highest BCUT2D eigenvalue weighted by Gasteiger charge is 1.91. The van der Waals surface area contributed by atoms with E-state index in [0.29, 0.717) is 0 Å². The first-order valence-corrected chi connectivity index (χ1v) is 4.14. The monoisotopic (exact) mass is 180 g/mol. The summed E-state index contributed by atoms with van der Waals surface area (Å²) in [6.45, 7) is 0. The van der Waals surface area contributed by atoms with Crippen LogP contribution >= 0.6 is 11.6 Å². The average Bonchev–Trinajstić information content (AvgIpc) is 2.05. The second-order valence-corrected chi connectivity index (χ2v) is 2.93. The third kappa shape index (κ3) is 2.91. The number of allylic oxidation sites excluding steroid dienone is 1. The number of rotatable bonds is 3. The van der Waals surface area contributed by atoms with Gasteiger partial charge in [0, 0.05) is 11.1 Å². The molecule has 1 aromatic rings. The second kappa shape index (κ2) is 4.76. The van der Waals surface area contributed by atoms with Crippen LogP contribution in [0.25, 0.3) is 0 Å². The predicted octanol–water partition coefficient (Wildman–Crippen LogP) is 2.66. The molecule has 0 fully saturated rings. The van der Waals surface area contributed by atoms with Crippen LogP contribution < -0.4 is 0 Å². The molecule has 0 saturated carbocycles. The molecule has 2 heteroatoms. The standard InChI is InChI=1S/C10H9ClO/c11-10-6-3-5-9(8-10)4-1-2-7-12/h2-3,5-6,8H,1,4H2. The van der Waals surface area contributed by atoms with E-state index in [9.17, 15) is 4.79 Å². The topological polar surface area (TPSA) is 17.1 Å². The first kappa shape index (κ1) is 9.05. The lowest BCUT2D eigenvalue weighted by molar-refractivity contribution is 0.568. The molecular weight excluding hydrogens is 172 g/mol. The third-order valence-corrected chi connectivity index (χ3v) is 1.78. The van der Waals surface area contributed by atoms with E-state index < -0.39 is 0 Å². The minimum atomic E-state index is 0.726. The molecule has 12 heavy (non-hydrogen) atoms. The molecule has 0 saturated heterocycles. The summed E-state index contributed by atoms with van der Waals surface area (Å²) in [4.78, 5) is 9.86. The Bertz CT molecular complexity index is 300. The summed E-state index contributed by atoms with van der Waals surface area (Å²) in [7, 11) is 0. The van der Waals surface area contributed by atoms with Crippen LogP contribution in [0.2, 0.25) is 5.02 Å². The maximum absolute atomic E-state index is 9.86. The van der Waals surface area contributed by atoms with Crippen LogP contribution in [0.5, 0.6) is 0 Å². The van der Waals surface area contributed by atoms with Crippen LogP contribution in [0.15, 0.2) is 30.3 Å². The van der Waals surface area contributed by atoms with Crippen molar-refractivity contribution in [2.45, 2.75) is 12.8 Å². The summed E-state index contributed by atoms with van der Waals surface area (Å²) in [5.41, 5.74) is 1.15. The molecule has 0 aliphatic heterocycles. The summed E-state index contributed by atoms with van der Waals surface area (Å²) < 4.78 is 0. The van der Waals surface area contributed by atoms with E-state index in [4.69, 9.17) is 11.6 Å². The lowest BCUT2D eigenvalue weighted by atomic mass is 10.1. The molecule has 0 bridgehead atoms. The Morgan fingerprint density at radius 3 is 3.00 bits per heavy atom. The molecule has 0 amide bonds. The van der Waals surface area contributed by atoms with Gasteiger partial charge in [0.1, 0.15) is 5.94 Å². The highest BCUT2D eigenvalue weighted by molar-refractivity contribution is 6.30. The van der Waals surface area contributed by atoms with E-state index >= 15 is 0 Å². The van der Waals surface area contributed by atoms with E-state index in [0.717, 1.165) is 23.4 Å². The van der Waals surface area contributed by atoms with Gasteiger partial charge in [0.25, 0.3) is 0 Å². The van der Waals surface area contributed by atoms with Crippen LogP contribution in [0.1, 0.15) is 12.0 Å². The van der Waals surface area contributed by atoms with Crippen molar-refractivity contribution in [3.05, 3.63) is 40.9 Å². The van der Waals surface area contributed by atoms with Crippen LogP contribution in [0.3, 0.4) is 0 Å². The molecule has 0 atom stereocenters. The highest BCUT2D eigenvalue weighted by atomic mass is 35.5. The maximum Gasteiger partial charge on any atom is 0.120 e. The maximum atomic E-state index is 9.86. The molecule has 62 valence electrons. The lowest BCUT2D eigenvalue weighted by Gasteiger charge is -1.96. The van der Waals surface area contributed by atoms with Crippen molar-refractivity contribution in [2.75, 3.05) is 0 Å². The third-order valence-electron chi connectivity index (χ3n) is 1.55. The molecule has 1 rings (SSSR count). The van der Waals surface area contributed by atoms with E-state index in [2.05, 4.69) is 0 Å². The smallest absolute Gasteiger partial charge is 0.120 e. The number of halogens is 1. The zero-order valence-corrected chi connectivity index (χ0v) is 7.34. The number of hydrogen-bond acceptors (Lipinski definition) is 1. The fourth-order valence-electron chi connectivity index (χ4n) is 0.990. The van der Waals surface area contributed by atoms with Gasteiger partial charge in [-0.05, 0) is 30.5 Å². The Kier molecular flexibility index (Phi) is 3.59. The van der Waals surface area contributed by atoms with Crippen LogP contribution in [-0.2, 0) is 11.2 Å². The molecule has 0 radical (unpaired) electrons.